The second kappa shape index (κ2) is 15.7. The molecule has 0 spiro atoms. The number of rotatable bonds is 17. The van der Waals surface area contributed by atoms with Crippen molar-refractivity contribution in [3.8, 4) is 0 Å². The highest BCUT2D eigenvalue weighted by Crippen LogP contribution is 2.13. The van der Waals surface area contributed by atoms with Gasteiger partial charge in [0.2, 0.25) is 0 Å². The predicted octanol–water partition coefficient (Wildman–Crippen LogP) is 2.78. The average molecular weight is 535 g/mol. The molecule has 0 aliphatic heterocycles. The molecule has 0 heterocycles. The molecule has 0 bridgehead atoms. The molecule has 198 valence electrons. The summed E-state index contributed by atoms with van der Waals surface area (Å²) in [5.41, 5.74) is 0. The van der Waals surface area contributed by atoms with Gasteiger partial charge >= 0.3 is 29.1 Å². The Hall–Kier alpha value is -2.35. The van der Waals surface area contributed by atoms with Crippen molar-refractivity contribution >= 4 is 39.4 Å². The SMILES string of the molecule is CCO[Si](COC(=O)CCC(=O)OC[Si](OCC)(OCC)c1ccccc1)(OCC)c1ccccc1. The molecule has 0 atom stereocenters. The zero-order valence-electron chi connectivity index (χ0n) is 21.7. The minimum Gasteiger partial charge on any atom is -0.463 e. The van der Waals surface area contributed by atoms with Crippen LogP contribution in [-0.2, 0) is 36.8 Å². The third-order valence-electron chi connectivity index (χ3n) is 5.32. The molecule has 8 nitrogen and oxygen atoms in total. The van der Waals surface area contributed by atoms with Crippen LogP contribution in [0.15, 0.2) is 60.7 Å². The number of hydrogen-bond donors (Lipinski definition) is 0. The Labute approximate surface area is 216 Å². The number of esters is 2. The third-order valence-corrected chi connectivity index (χ3v) is 11.8. The van der Waals surface area contributed by atoms with Crippen molar-refractivity contribution in [3.05, 3.63) is 60.7 Å². The first-order chi connectivity index (χ1) is 17.4. The van der Waals surface area contributed by atoms with Crippen molar-refractivity contribution in [2.45, 2.75) is 40.5 Å². The van der Waals surface area contributed by atoms with Gasteiger partial charge in [-0.1, -0.05) is 60.7 Å². The Kier molecular flexibility index (Phi) is 13.0. The lowest BCUT2D eigenvalue weighted by molar-refractivity contribution is -0.149. The lowest BCUT2D eigenvalue weighted by Crippen LogP contribution is -2.58. The first-order valence-corrected chi connectivity index (χ1v) is 16.5. The summed E-state index contributed by atoms with van der Waals surface area (Å²) in [5.74, 6) is -1.03. The molecule has 0 aromatic heterocycles. The minimum atomic E-state index is -2.97. The molecule has 2 rings (SSSR count). The fourth-order valence-corrected chi connectivity index (χ4v) is 9.23. The Balaban J connectivity index is 1.95. The van der Waals surface area contributed by atoms with E-state index in [1.54, 1.807) is 0 Å². The van der Waals surface area contributed by atoms with Crippen molar-refractivity contribution in [1.82, 2.24) is 0 Å². The van der Waals surface area contributed by atoms with E-state index in [2.05, 4.69) is 0 Å². The molecule has 2 aromatic rings. The third kappa shape index (κ3) is 8.65. The quantitative estimate of drug-likeness (QED) is 0.226. The van der Waals surface area contributed by atoms with Crippen LogP contribution in [0.4, 0.5) is 0 Å². The summed E-state index contributed by atoms with van der Waals surface area (Å²) in [5, 5.41) is 1.77. The van der Waals surface area contributed by atoms with Gasteiger partial charge < -0.3 is 27.2 Å². The molecule has 0 aliphatic carbocycles. The number of hydrogen-bond acceptors (Lipinski definition) is 8. The maximum atomic E-state index is 12.5. The number of carbonyl (C=O) groups is 2. The van der Waals surface area contributed by atoms with Gasteiger partial charge in [0.25, 0.3) is 0 Å². The molecular formula is C26H38O8Si2. The molecule has 36 heavy (non-hydrogen) atoms. The van der Waals surface area contributed by atoms with Gasteiger partial charge in [-0.3, -0.25) is 9.59 Å². The molecule has 0 unspecified atom stereocenters. The van der Waals surface area contributed by atoms with Gasteiger partial charge in [0.15, 0.2) is 0 Å². The van der Waals surface area contributed by atoms with Crippen LogP contribution in [0.25, 0.3) is 0 Å². The second-order valence-electron chi connectivity index (χ2n) is 7.79. The van der Waals surface area contributed by atoms with Crippen molar-refractivity contribution in [2.75, 3.05) is 38.9 Å². The van der Waals surface area contributed by atoms with E-state index in [0.29, 0.717) is 26.4 Å². The van der Waals surface area contributed by atoms with Crippen LogP contribution in [0, 0.1) is 0 Å². The zero-order chi connectivity index (χ0) is 26.3. The lowest BCUT2D eigenvalue weighted by Gasteiger charge is -2.30. The summed E-state index contributed by atoms with van der Waals surface area (Å²) in [6.45, 7) is 9.23. The van der Waals surface area contributed by atoms with Crippen molar-refractivity contribution < 1.29 is 36.8 Å². The van der Waals surface area contributed by atoms with E-state index < -0.39 is 29.1 Å². The fourth-order valence-electron chi connectivity index (χ4n) is 3.77. The highest BCUT2D eigenvalue weighted by Gasteiger charge is 2.43. The van der Waals surface area contributed by atoms with E-state index >= 15 is 0 Å². The second-order valence-corrected chi connectivity index (χ2v) is 13.7. The molecular weight excluding hydrogens is 496 g/mol. The maximum absolute atomic E-state index is 12.5. The molecule has 0 fully saturated rings. The van der Waals surface area contributed by atoms with Crippen LogP contribution in [0.3, 0.4) is 0 Å². The van der Waals surface area contributed by atoms with Crippen molar-refractivity contribution in [3.63, 3.8) is 0 Å². The van der Waals surface area contributed by atoms with Gasteiger partial charge in [-0.2, -0.15) is 0 Å². The topological polar surface area (TPSA) is 89.5 Å². The minimum absolute atomic E-state index is 0.00524. The summed E-state index contributed by atoms with van der Waals surface area (Å²) < 4.78 is 35.2. The predicted molar refractivity (Wildman–Crippen MR) is 141 cm³/mol. The summed E-state index contributed by atoms with van der Waals surface area (Å²) >= 11 is 0. The number of ether oxygens (including phenoxy) is 2. The van der Waals surface area contributed by atoms with Gasteiger partial charge in [-0.05, 0) is 38.1 Å². The first kappa shape index (κ1) is 29.9. The molecule has 2 aromatic carbocycles. The van der Waals surface area contributed by atoms with E-state index in [9.17, 15) is 9.59 Å². The summed E-state index contributed by atoms with van der Waals surface area (Å²) in [6.07, 6.45) is -0.213. The van der Waals surface area contributed by atoms with E-state index in [0.717, 1.165) is 10.4 Å². The Morgan fingerprint density at radius 1 is 0.556 bits per heavy atom. The fraction of sp³-hybridized carbons (Fsp3) is 0.462. The molecule has 0 N–H and O–H groups in total. The Morgan fingerprint density at radius 3 is 1.14 bits per heavy atom. The van der Waals surface area contributed by atoms with E-state index in [4.69, 9.17) is 27.2 Å². The normalized spacial score (nSPS) is 11.8. The standard InChI is InChI=1S/C26H38O8Si2/c1-5-31-35(32-6-2,23-15-11-9-12-16-23)21-29-25(27)19-20-26(28)30-22-36(33-7-3,34-8-4)24-17-13-10-14-18-24/h9-18H,5-8,19-22H2,1-4H3. The van der Waals surface area contributed by atoms with Crippen LogP contribution in [-0.4, -0.2) is 67.9 Å². The van der Waals surface area contributed by atoms with Gasteiger partial charge in [-0.25, -0.2) is 0 Å². The summed E-state index contributed by atoms with van der Waals surface area (Å²) in [7, 11) is -5.95. The smallest absolute Gasteiger partial charge is 0.411 e. The van der Waals surface area contributed by atoms with Crippen LogP contribution >= 0.6 is 0 Å². The molecule has 0 aliphatic rings. The zero-order valence-corrected chi connectivity index (χ0v) is 23.7. The largest absolute Gasteiger partial charge is 0.463 e. The van der Waals surface area contributed by atoms with Gasteiger partial charge in [0.1, 0.15) is 12.5 Å². The van der Waals surface area contributed by atoms with Gasteiger partial charge in [-0.15, -0.1) is 0 Å². The number of carbonyl (C=O) groups excluding carboxylic acids is 2. The van der Waals surface area contributed by atoms with Crippen LogP contribution in [0.5, 0.6) is 0 Å². The molecule has 10 heteroatoms. The van der Waals surface area contributed by atoms with Crippen molar-refractivity contribution in [1.29, 1.82) is 0 Å². The van der Waals surface area contributed by atoms with Gasteiger partial charge in [0, 0.05) is 26.4 Å². The number of benzene rings is 2. The van der Waals surface area contributed by atoms with Crippen LogP contribution < -0.4 is 10.4 Å². The highest BCUT2D eigenvalue weighted by molar-refractivity contribution is 6.81. The molecule has 0 saturated carbocycles. The Morgan fingerprint density at radius 2 is 0.861 bits per heavy atom. The van der Waals surface area contributed by atoms with Crippen LogP contribution in [0.1, 0.15) is 40.5 Å². The molecule has 0 saturated heterocycles. The Bertz CT molecular complexity index is 823. The molecule has 0 amide bonds. The lowest BCUT2D eigenvalue weighted by atomic mass is 10.3. The monoisotopic (exact) mass is 534 g/mol. The van der Waals surface area contributed by atoms with Crippen molar-refractivity contribution in [2.24, 2.45) is 0 Å². The summed E-state index contributed by atoms with van der Waals surface area (Å²) in [4.78, 5) is 25.0. The summed E-state index contributed by atoms with van der Waals surface area (Å²) in [6, 6.07) is 19.1. The average Bonchev–Trinajstić information content (AvgIpc) is 2.90. The van der Waals surface area contributed by atoms with E-state index in [1.165, 1.54) is 0 Å². The van der Waals surface area contributed by atoms with E-state index in [1.807, 2.05) is 88.4 Å². The van der Waals surface area contributed by atoms with Crippen LogP contribution in [0.2, 0.25) is 0 Å². The highest BCUT2D eigenvalue weighted by atomic mass is 28.4. The van der Waals surface area contributed by atoms with E-state index in [-0.39, 0.29) is 25.3 Å². The first-order valence-electron chi connectivity index (χ1n) is 12.4. The maximum Gasteiger partial charge on any atom is 0.411 e. The molecule has 0 radical (unpaired) electrons. The van der Waals surface area contributed by atoms with Gasteiger partial charge in [0.05, 0.1) is 12.8 Å².